The topological polar surface area (TPSA) is 28.1 Å². The molecule has 33 heavy (non-hydrogen) atoms. The summed E-state index contributed by atoms with van der Waals surface area (Å²) in [5.74, 6) is 0. The number of aromatic amines is 1. The maximum Gasteiger partial charge on any atom is 0.0795 e. The van der Waals surface area contributed by atoms with Crippen molar-refractivity contribution in [2.24, 2.45) is 4.99 Å². The summed E-state index contributed by atoms with van der Waals surface area (Å²) in [5, 5.41) is 5.00. The number of nitrogens with zero attached hydrogens (tertiary/aromatic N) is 1. The molecule has 2 heteroatoms. The van der Waals surface area contributed by atoms with Crippen molar-refractivity contribution in [1.82, 2.24) is 4.98 Å². The van der Waals surface area contributed by atoms with Crippen molar-refractivity contribution in [2.75, 3.05) is 0 Å². The van der Waals surface area contributed by atoms with E-state index in [4.69, 9.17) is 4.99 Å². The zero-order chi connectivity index (χ0) is 21.8. The lowest BCUT2D eigenvalue weighted by Crippen LogP contribution is -2.25. The molecule has 8 rings (SSSR count). The minimum absolute atomic E-state index is 1.08. The van der Waals surface area contributed by atoms with E-state index in [-0.39, 0.29) is 0 Å². The summed E-state index contributed by atoms with van der Waals surface area (Å²) in [7, 11) is 0. The van der Waals surface area contributed by atoms with Crippen LogP contribution in [0.15, 0.2) is 114 Å². The predicted octanol–water partition coefficient (Wildman–Crippen LogP) is 6.75. The highest BCUT2D eigenvalue weighted by Gasteiger charge is 2.19. The van der Waals surface area contributed by atoms with E-state index in [0.29, 0.717) is 0 Å². The highest BCUT2D eigenvalue weighted by atomic mass is 14.8. The van der Waals surface area contributed by atoms with Crippen LogP contribution in [-0.2, 0) is 0 Å². The van der Waals surface area contributed by atoms with Crippen LogP contribution in [-0.4, -0.2) is 4.98 Å². The lowest BCUT2D eigenvalue weighted by Gasteiger charge is -2.02. The largest absolute Gasteiger partial charge is 0.355 e. The summed E-state index contributed by atoms with van der Waals surface area (Å²) in [6.07, 6.45) is 2.26. The number of aromatic nitrogens is 1. The first-order valence-corrected chi connectivity index (χ1v) is 11.2. The molecule has 0 saturated carbocycles. The molecule has 0 fully saturated rings. The van der Waals surface area contributed by atoms with Crippen molar-refractivity contribution in [3.8, 4) is 22.3 Å². The summed E-state index contributed by atoms with van der Waals surface area (Å²) < 4.78 is 0. The van der Waals surface area contributed by atoms with Gasteiger partial charge in [-0.2, -0.15) is 0 Å². The van der Waals surface area contributed by atoms with Crippen molar-refractivity contribution in [3.63, 3.8) is 0 Å². The molecule has 154 valence electrons. The second-order valence-corrected chi connectivity index (χ2v) is 8.50. The average molecular weight is 421 g/mol. The Morgan fingerprint density at radius 3 is 1.88 bits per heavy atom. The first-order chi connectivity index (χ1) is 16.4. The maximum atomic E-state index is 4.84. The van der Waals surface area contributed by atoms with Crippen molar-refractivity contribution in [3.05, 3.63) is 125 Å². The van der Waals surface area contributed by atoms with Gasteiger partial charge in [-0.05, 0) is 41.0 Å². The Labute approximate surface area is 191 Å². The fourth-order valence-corrected chi connectivity index (χ4v) is 5.07. The van der Waals surface area contributed by atoms with Gasteiger partial charge in [-0.25, -0.2) is 4.99 Å². The van der Waals surface area contributed by atoms with Crippen LogP contribution in [0.2, 0.25) is 0 Å². The first kappa shape index (κ1) is 18.2. The lowest BCUT2D eigenvalue weighted by atomic mass is 10.0. The van der Waals surface area contributed by atoms with Crippen LogP contribution in [0.3, 0.4) is 0 Å². The SMILES string of the molecule is C1=c2c(ccc3c2=Nc2ccccc2-3)-c2ccccc21.c1ccc2c(c1)[nH]c1ccccc12. The van der Waals surface area contributed by atoms with Crippen LogP contribution in [0.5, 0.6) is 0 Å². The van der Waals surface area contributed by atoms with Gasteiger partial charge in [0.15, 0.2) is 0 Å². The maximum absolute atomic E-state index is 4.84. The number of H-pyrrole nitrogens is 1. The lowest BCUT2D eigenvalue weighted by molar-refractivity contribution is 1.38. The smallest absolute Gasteiger partial charge is 0.0795 e. The molecule has 0 bridgehead atoms. The van der Waals surface area contributed by atoms with Crippen molar-refractivity contribution in [2.45, 2.75) is 0 Å². The number of fused-ring (bicyclic) bond motifs is 10. The van der Waals surface area contributed by atoms with Gasteiger partial charge in [-0.1, -0.05) is 91.0 Å². The van der Waals surface area contributed by atoms with Gasteiger partial charge in [0.05, 0.1) is 11.0 Å². The minimum Gasteiger partial charge on any atom is -0.355 e. The van der Waals surface area contributed by atoms with E-state index in [1.807, 2.05) is 6.07 Å². The number of rotatable bonds is 0. The van der Waals surface area contributed by atoms with Crippen molar-refractivity contribution in [1.29, 1.82) is 0 Å². The Hall–Kier alpha value is -4.43. The zero-order valence-electron chi connectivity index (χ0n) is 17.9. The molecule has 0 saturated heterocycles. The molecule has 1 aliphatic heterocycles. The molecule has 1 aromatic heterocycles. The average Bonchev–Trinajstić information content (AvgIpc) is 3.55. The van der Waals surface area contributed by atoms with Gasteiger partial charge in [-0.15, -0.1) is 0 Å². The van der Waals surface area contributed by atoms with E-state index in [0.717, 1.165) is 11.0 Å². The van der Waals surface area contributed by atoms with Crippen molar-refractivity contribution >= 4 is 33.6 Å². The predicted molar refractivity (Wildman–Crippen MR) is 137 cm³/mol. The highest BCUT2D eigenvalue weighted by Crippen LogP contribution is 2.33. The van der Waals surface area contributed by atoms with Crippen LogP contribution in [0.25, 0.3) is 50.1 Å². The molecule has 6 aromatic rings. The fraction of sp³-hybridized carbons (Fsp3) is 0. The van der Waals surface area contributed by atoms with Gasteiger partial charge in [0, 0.05) is 38.2 Å². The van der Waals surface area contributed by atoms with Gasteiger partial charge in [0.2, 0.25) is 0 Å². The molecule has 1 aliphatic carbocycles. The van der Waals surface area contributed by atoms with Crippen LogP contribution in [0.4, 0.5) is 5.69 Å². The molecule has 2 aliphatic rings. The Morgan fingerprint density at radius 1 is 0.485 bits per heavy atom. The molecule has 2 heterocycles. The summed E-state index contributed by atoms with van der Waals surface area (Å²) in [5.41, 5.74) is 9.92. The summed E-state index contributed by atoms with van der Waals surface area (Å²) in [6, 6.07) is 38.1. The second-order valence-electron chi connectivity index (χ2n) is 8.50. The molecule has 0 unspecified atom stereocenters. The van der Waals surface area contributed by atoms with E-state index in [1.165, 1.54) is 54.8 Å². The standard InChI is InChI=1S/C19H11N.C12H9N/c1-2-6-13-12(5-1)11-17-14(13)9-10-16-15-7-3-4-8-18(15)20-19(16)17;1-3-7-11-9(5-1)10-6-2-4-8-12(10)13-11/h1-11H;1-8,13H. The van der Waals surface area contributed by atoms with E-state index in [1.54, 1.807) is 0 Å². The Morgan fingerprint density at radius 2 is 1.09 bits per heavy atom. The van der Waals surface area contributed by atoms with Crippen LogP contribution in [0.1, 0.15) is 5.56 Å². The molecule has 5 aromatic carbocycles. The molecule has 2 nitrogen and oxygen atoms in total. The second kappa shape index (κ2) is 7.04. The Kier molecular flexibility index (Phi) is 3.88. The normalized spacial score (nSPS) is 12.1. The third-order valence-electron chi connectivity index (χ3n) is 6.61. The number of hydrogen-bond acceptors (Lipinski definition) is 1. The molecule has 0 radical (unpaired) electrons. The molecule has 0 amide bonds. The van der Waals surface area contributed by atoms with Crippen molar-refractivity contribution < 1.29 is 0 Å². The third-order valence-corrected chi connectivity index (χ3v) is 6.61. The fourth-order valence-electron chi connectivity index (χ4n) is 5.07. The molecular weight excluding hydrogens is 400 g/mol. The Bertz CT molecular complexity index is 1690. The molecular formula is C31H20N2. The third kappa shape index (κ3) is 2.78. The van der Waals surface area contributed by atoms with Gasteiger partial charge < -0.3 is 4.98 Å². The number of para-hydroxylation sites is 3. The molecule has 1 N–H and O–H groups in total. The van der Waals surface area contributed by atoms with Crippen LogP contribution >= 0.6 is 0 Å². The van der Waals surface area contributed by atoms with Gasteiger partial charge in [0.25, 0.3) is 0 Å². The zero-order valence-corrected chi connectivity index (χ0v) is 17.9. The Balaban J connectivity index is 0.000000127. The summed E-state index contributed by atoms with van der Waals surface area (Å²) in [6.45, 7) is 0. The van der Waals surface area contributed by atoms with E-state index in [2.05, 4.69) is 114 Å². The number of hydrogen-bond donors (Lipinski definition) is 1. The van der Waals surface area contributed by atoms with E-state index < -0.39 is 0 Å². The summed E-state index contributed by atoms with van der Waals surface area (Å²) >= 11 is 0. The molecule has 0 spiro atoms. The highest BCUT2D eigenvalue weighted by molar-refractivity contribution is 6.07. The van der Waals surface area contributed by atoms with Crippen LogP contribution < -0.4 is 10.6 Å². The van der Waals surface area contributed by atoms with E-state index in [9.17, 15) is 0 Å². The number of nitrogens with one attached hydrogen (secondary N) is 1. The monoisotopic (exact) mass is 420 g/mol. The quantitative estimate of drug-likeness (QED) is 0.281. The molecule has 0 atom stereocenters. The van der Waals surface area contributed by atoms with Gasteiger partial charge >= 0.3 is 0 Å². The van der Waals surface area contributed by atoms with Gasteiger partial charge in [0.1, 0.15) is 0 Å². The summed E-state index contributed by atoms with van der Waals surface area (Å²) in [4.78, 5) is 8.22. The van der Waals surface area contributed by atoms with Crippen LogP contribution in [0, 0.1) is 0 Å². The van der Waals surface area contributed by atoms with Gasteiger partial charge in [-0.3, -0.25) is 0 Å². The minimum atomic E-state index is 1.08. The van der Waals surface area contributed by atoms with E-state index >= 15 is 0 Å². The number of benzene rings is 5. The first-order valence-electron chi connectivity index (χ1n) is 11.2.